The summed E-state index contributed by atoms with van der Waals surface area (Å²) in [4.78, 5) is 30.3. The van der Waals surface area contributed by atoms with Crippen molar-refractivity contribution in [1.82, 2.24) is 29.6 Å². The van der Waals surface area contributed by atoms with Crippen LogP contribution in [-0.4, -0.2) is 30.2 Å². The lowest BCUT2D eigenvalue weighted by atomic mass is 10.1. The second-order valence-corrected chi connectivity index (χ2v) is 8.71. The van der Waals surface area contributed by atoms with E-state index in [2.05, 4.69) is 26.6 Å². The zero-order chi connectivity index (χ0) is 23.9. The van der Waals surface area contributed by atoms with Gasteiger partial charge >= 0.3 is 5.69 Å². The molecule has 1 atom stereocenters. The molecule has 0 bridgehead atoms. The predicted octanol–water partition coefficient (Wildman–Crippen LogP) is 3.33. The lowest BCUT2D eigenvalue weighted by Gasteiger charge is -2.13. The predicted molar refractivity (Wildman–Crippen MR) is 129 cm³/mol. The summed E-state index contributed by atoms with van der Waals surface area (Å²) < 4.78 is 8.04. The molecule has 1 N–H and O–H groups in total. The Bertz CT molecular complexity index is 1630. The van der Waals surface area contributed by atoms with Crippen LogP contribution in [0.3, 0.4) is 0 Å². The Morgan fingerprint density at radius 1 is 1.14 bits per heavy atom. The fraction of sp³-hybridized carbons (Fsp3) is 0.192. The molecule has 0 saturated heterocycles. The minimum Gasteiger partial charge on any atom is -0.348 e. The van der Waals surface area contributed by atoms with Gasteiger partial charge in [-0.3, -0.25) is 4.79 Å². The molecular formula is C26H22N6O3. The molecule has 0 fully saturated rings. The van der Waals surface area contributed by atoms with Gasteiger partial charge in [0.25, 0.3) is 5.89 Å². The fourth-order valence-corrected chi connectivity index (χ4v) is 4.63. The van der Waals surface area contributed by atoms with E-state index in [9.17, 15) is 9.59 Å². The number of amides is 1. The van der Waals surface area contributed by atoms with E-state index in [-0.39, 0.29) is 24.4 Å². The van der Waals surface area contributed by atoms with Gasteiger partial charge in [-0.15, -0.1) is 5.10 Å². The molecule has 0 aliphatic heterocycles. The third-order valence-corrected chi connectivity index (χ3v) is 6.30. The van der Waals surface area contributed by atoms with Crippen molar-refractivity contribution in [3.05, 3.63) is 94.0 Å². The van der Waals surface area contributed by atoms with Crippen LogP contribution in [0.5, 0.6) is 0 Å². The van der Waals surface area contributed by atoms with Crippen molar-refractivity contribution in [3.63, 3.8) is 0 Å². The van der Waals surface area contributed by atoms with Gasteiger partial charge in [0.2, 0.25) is 11.7 Å². The Labute approximate surface area is 200 Å². The van der Waals surface area contributed by atoms with Crippen molar-refractivity contribution in [2.24, 2.45) is 0 Å². The number of aryl methyl sites for hydroxylation is 2. The maximum atomic E-state index is 13.0. The van der Waals surface area contributed by atoms with Crippen molar-refractivity contribution < 1.29 is 9.32 Å². The third-order valence-electron chi connectivity index (χ3n) is 6.30. The first-order valence-electron chi connectivity index (χ1n) is 11.4. The third kappa shape index (κ3) is 3.80. The maximum Gasteiger partial charge on any atom is 0.350 e. The monoisotopic (exact) mass is 466 g/mol. The smallest absolute Gasteiger partial charge is 0.348 e. The first-order chi connectivity index (χ1) is 17.1. The van der Waals surface area contributed by atoms with Gasteiger partial charge in [-0.25, -0.2) is 13.9 Å². The summed E-state index contributed by atoms with van der Waals surface area (Å²) in [7, 11) is 0. The standard InChI is InChI=1S/C26H22N6O3/c1-16-6-4-8-18(14-16)23-28-25(35-30-23)20-10-5-13-31-24(20)29-32(26(31)34)15-22(33)27-21-12-11-17-7-2-3-9-19(17)21/h2-10,13-14,21H,11-12,15H2,1H3,(H,27,33)/t21-/m1/s1. The average Bonchev–Trinajstić information content (AvgIpc) is 3.58. The van der Waals surface area contributed by atoms with Crippen LogP contribution in [0.1, 0.15) is 29.2 Å². The summed E-state index contributed by atoms with van der Waals surface area (Å²) in [5.74, 6) is 0.429. The number of rotatable bonds is 5. The van der Waals surface area contributed by atoms with Crippen molar-refractivity contribution >= 4 is 11.6 Å². The number of aromatic nitrogens is 5. The lowest BCUT2D eigenvalue weighted by molar-refractivity contribution is -0.122. The molecule has 6 rings (SSSR count). The van der Waals surface area contributed by atoms with Crippen LogP contribution in [0, 0.1) is 6.92 Å². The lowest BCUT2D eigenvalue weighted by Crippen LogP contribution is -2.34. The molecule has 0 unspecified atom stereocenters. The molecule has 9 nitrogen and oxygen atoms in total. The summed E-state index contributed by atoms with van der Waals surface area (Å²) in [6, 6.07) is 19.3. The van der Waals surface area contributed by atoms with Crippen LogP contribution in [0.4, 0.5) is 0 Å². The molecule has 0 radical (unpaired) electrons. The second-order valence-electron chi connectivity index (χ2n) is 8.71. The van der Waals surface area contributed by atoms with Gasteiger partial charge < -0.3 is 9.84 Å². The number of nitrogens with one attached hydrogen (secondary N) is 1. The normalized spacial score (nSPS) is 14.8. The Morgan fingerprint density at radius 3 is 2.91 bits per heavy atom. The molecule has 2 aromatic carbocycles. The summed E-state index contributed by atoms with van der Waals surface area (Å²) in [6.45, 7) is 1.81. The highest BCUT2D eigenvalue weighted by Gasteiger charge is 2.24. The van der Waals surface area contributed by atoms with E-state index in [4.69, 9.17) is 4.52 Å². The van der Waals surface area contributed by atoms with E-state index in [1.165, 1.54) is 9.96 Å². The molecule has 1 aliphatic rings. The van der Waals surface area contributed by atoms with E-state index in [1.54, 1.807) is 18.3 Å². The minimum absolute atomic E-state index is 0.0552. The van der Waals surface area contributed by atoms with Crippen LogP contribution in [0.25, 0.3) is 28.5 Å². The van der Waals surface area contributed by atoms with Crippen LogP contribution in [0.2, 0.25) is 0 Å². The van der Waals surface area contributed by atoms with Gasteiger partial charge in [-0.1, -0.05) is 53.2 Å². The number of hydrogen-bond acceptors (Lipinski definition) is 6. The summed E-state index contributed by atoms with van der Waals surface area (Å²) in [5, 5.41) is 11.6. The maximum absolute atomic E-state index is 13.0. The van der Waals surface area contributed by atoms with Gasteiger partial charge in [-0.05, 0) is 49.1 Å². The first kappa shape index (κ1) is 21.0. The average molecular weight is 467 g/mol. The van der Waals surface area contributed by atoms with Gasteiger partial charge in [-0.2, -0.15) is 4.98 Å². The molecule has 35 heavy (non-hydrogen) atoms. The zero-order valence-electron chi connectivity index (χ0n) is 19.0. The number of hydrogen-bond donors (Lipinski definition) is 1. The molecule has 0 spiro atoms. The number of fused-ring (bicyclic) bond motifs is 2. The van der Waals surface area contributed by atoms with Crippen molar-refractivity contribution in [2.75, 3.05) is 0 Å². The van der Waals surface area contributed by atoms with E-state index in [0.29, 0.717) is 17.0 Å². The molecular weight excluding hydrogens is 444 g/mol. The highest BCUT2D eigenvalue weighted by molar-refractivity contribution is 5.77. The Hall–Kier alpha value is -4.53. The Morgan fingerprint density at radius 2 is 2.03 bits per heavy atom. The SMILES string of the molecule is Cc1cccc(-c2noc(-c3cccn4c(=O)n(CC(=O)N[C@@H]5CCc6ccccc65)nc34)n2)c1. The molecule has 1 aliphatic carbocycles. The molecule has 5 aromatic rings. The number of carbonyl (C=O) groups is 1. The van der Waals surface area contributed by atoms with E-state index >= 15 is 0 Å². The molecule has 0 saturated carbocycles. The molecule has 9 heteroatoms. The summed E-state index contributed by atoms with van der Waals surface area (Å²) in [5.41, 5.74) is 4.74. The Kier molecular flexibility index (Phi) is 5.02. The highest BCUT2D eigenvalue weighted by atomic mass is 16.5. The highest BCUT2D eigenvalue weighted by Crippen LogP contribution is 2.30. The van der Waals surface area contributed by atoms with E-state index in [1.807, 2.05) is 49.4 Å². The van der Waals surface area contributed by atoms with Crippen LogP contribution >= 0.6 is 0 Å². The van der Waals surface area contributed by atoms with Gasteiger partial charge in [0.1, 0.15) is 6.54 Å². The fourth-order valence-electron chi connectivity index (χ4n) is 4.63. The van der Waals surface area contributed by atoms with Gasteiger partial charge in [0.05, 0.1) is 11.6 Å². The molecule has 3 aromatic heterocycles. The van der Waals surface area contributed by atoms with Gasteiger partial charge in [0.15, 0.2) is 5.65 Å². The number of nitrogens with zero attached hydrogens (tertiary/aromatic N) is 5. The number of pyridine rings is 1. The molecule has 174 valence electrons. The summed E-state index contributed by atoms with van der Waals surface area (Å²) >= 11 is 0. The van der Waals surface area contributed by atoms with E-state index < -0.39 is 5.69 Å². The van der Waals surface area contributed by atoms with E-state index in [0.717, 1.165) is 34.2 Å². The van der Waals surface area contributed by atoms with Crippen LogP contribution < -0.4 is 11.0 Å². The molecule has 3 heterocycles. The summed E-state index contributed by atoms with van der Waals surface area (Å²) in [6.07, 6.45) is 3.37. The van der Waals surface area contributed by atoms with Crippen molar-refractivity contribution in [3.8, 4) is 22.8 Å². The Balaban J connectivity index is 1.28. The minimum atomic E-state index is -0.415. The van der Waals surface area contributed by atoms with Crippen molar-refractivity contribution in [2.45, 2.75) is 32.4 Å². The first-order valence-corrected chi connectivity index (χ1v) is 11.4. The second kappa shape index (κ2) is 8.35. The quantitative estimate of drug-likeness (QED) is 0.426. The van der Waals surface area contributed by atoms with Crippen LogP contribution in [-0.2, 0) is 17.8 Å². The van der Waals surface area contributed by atoms with Gasteiger partial charge in [0, 0.05) is 11.8 Å². The zero-order valence-corrected chi connectivity index (χ0v) is 19.0. The number of carbonyl (C=O) groups excluding carboxylic acids is 1. The van der Waals surface area contributed by atoms with Crippen LogP contribution in [0.15, 0.2) is 76.2 Å². The van der Waals surface area contributed by atoms with Crippen molar-refractivity contribution in [1.29, 1.82) is 0 Å². The number of benzene rings is 2. The topological polar surface area (TPSA) is 107 Å². The largest absolute Gasteiger partial charge is 0.350 e. The molecule has 1 amide bonds.